The van der Waals surface area contributed by atoms with Gasteiger partial charge in [0.15, 0.2) is 11.0 Å². The Hall–Kier alpha value is -1.63. The third-order valence-electron chi connectivity index (χ3n) is 6.78. The molecule has 0 spiro atoms. The number of benzene rings is 1. The van der Waals surface area contributed by atoms with Crippen LogP contribution >= 0.6 is 23.1 Å². The number of Topliss-reactive ketones (excluding diaryl/α,β-unsaturated/α-hetero) is 1. The van der Waals surface area contributed by atoms with Crippen molar-refractivity contribution in [2.75, 3.05) is 0 Å². The lowest BCUT2D eigenvalue weighted by Crippen LogP contribution is -2.52. The second-order valence-electron chi connectivity index (χ2n) is 10.5. The van der Waals surface area contributed by atoms with E-state index in [1.165, 1.54) is 22.2 Å². The number of aliphatic hydroxyl groups is 1. The molecule has 0 aliphatic carbocycles. The van der Waals surface area contributed by atoms with Crippen LogP contribution in [0.3, 0.4) is 0 Å². The van der Waals surface area contributed by atoms with Crippen molar-refractivity contribution < 1.29 is 19.4 Å². The van der Waals surface area contributed by atoms with Crippen LogP contribution in [0, 0.1) is 19.8 Å². The molecular weight excluding hydrogens is 452 g/mol. The number of aliphatic hydroxyl groups excluding tert-OH is 1. The lowest BCUT2D eigenvalue weighted by atomic mass is 9.78. The molecule has 180 valence electrons. The molecule has 1 fully saturated rings. The second-order valence-corrected chi connectivity index (χ2v) is 12.7. The molecule has 1 aromatic heterocycles. The average Bonchev–Trinajstić information content (AvgIpc) is 3.13. The summed E-state index contributed by atoms with van der Waals surface area (Å²) in [6.45, 7) is 14.4. The Labute approximate surface area is 206 Å². The van der Waals surface area contributed by atoms with Gasteiger partial charge in [0, 0.05) is 16.2 Å². The van der Waals surface area contributed by atoms with Crippen LogP contribution in [0.2, 0.25) is 0 Å². The molecule has 33 heavy (non-hydrogen) atoms. The molecule has 2 heterocycles. The molecule has 2 aromatic rings. The van der Waals surface area contributed by atoms with Crippen molar-refractivity contribution in [1.29, 1.82) is 0 Å². The Morgan fingerprint density at radius 2 is 1.91 bits per heavy atom. The van der Waals surface area contributed by atoms with E-state index in [4.69, 9.17) is 4.74 Å². The molecular formula is C27H36O4S2. The van der Waals surface area contributed by atoms with E-state index in [2.05, 4.69) is 39.1 Å². The lowest BCUT2D eigenvalue weighted by Gasteiger charge is -2.41. The summed E-state index contributed by atoms with van der Waals surface area (Å²) in [4.78, 5) is 28.8. The first-order valence-corrected chi connectivity index (χ1v) is 13.3. The Bertz CT molecular complexity index is 1010. The van der Waals surface area contributed by atoms with E-state index in [0.717, 1.165) is 28.0 Å². The van der Waals surface area contributed by atoms with Gasteiger partial charge in [-0.15, -0.1) is 23.1 Å². The van der Waals surface area contributed by atoms with E-state index in [0.29, 0.717) is 6.42 Å². The minimum Gasteiger partial charge on any atom is -0.457 e. The van der Waals surface area contributed by atoms with Gasteiger partial charge in [-0.1, -0.05) is 40.7 Å². The molecule has 2 atom stereocenters. The second kappa shape index (κ2) is 9.93. The molecule has 1 unspecified atom stereocenters. The molecule has 0 saturated carbocycles. The van der Waals surface area contributed by atoms with Crippen LogP contribution in [0.25, 0.3) is 0 Å². The summed E-state index contributed by atoms with van der Waals surface area (Å²) in [5.74, 6) is -0.446. The quantitative estimate of drug-likeness (QED) is 0.374. The zero-order chi connectivity index (χ0) is 24.6. The summed E-state index contributed by atoms with van der Waals surface area (Å²) in [7, 11) is 0. The molecule has 1 N–H and O–H groups in total. The number of thiophene rings is 1. The summed E-state index contributed by atoms with van der Waals surface area (Å²) in [5, 5.41) is 10.9. The number of thioether (sulfide) groups is 1. The van der Waals surface area contributed by atoms with E-state index in [1.54, 1.807) is 11.3 Å². The Morgan fingerprint density at radius 3 is 2.42 bits per heavy atom. The number of aryl methyl sites for hydroxylation is 3. The van der Waals surface area contributed by atoms with Crippen molar-refractivity contribution >= 4 is 34.9 Å². The van der Waals surface area contributed by atoms with Gasteiger partial charge in [0.2, 0.25) is 0 Å². The number of hydrogen-bond acceptors (Lipinski definition) is 6. The lowest BCUT2D eigenvalue weighted by molar-refractivity contribution is -0.176. The topological polar surface area (TPSA) is 63.6 Å². The van der Waals surface area contributed by atoms with Crippen molar-refractivity contribution in [3.8, 4) is 0 Å². The number of hydrogen-bond donors (Lipinski definition) is 1. The summed E-state index contributed by atoms with van der Waals surface area (Å²) in [6.07, 6.45) is 1.69. The summed E-state index contributed by atoms with van der Waals surface area (Å²) < 4.78 is 6.11. The van der Waals surface area contributed by atoms with Crippen LogP contribution in [0.15, 0.2) is 28.5 Å². The van der Waals surface area contributed by atoms with E-state index in [1.807, 2.05) is 32.9 Å². The van der Waals surface area contributed by atoms with Crippen molar-refractivity contribution in [3.63, 3.8) is 0 Å². The van der Waals surface area contributed by atoms with E-state index in [-0.39, 0.29) is 30.1 Å². The number of esters is 1. The fourth-order valence-electron chi connectivity index (χ4n) is 4.40. The molecule has 0 radical (unpaired) electrons. The normalized spacial score (nSPS) is 21.5. The molecule has 0 amide bonds. The summed E-state index contributed by atoms with van der Waals surface area (Å²) >= 11 is 3.01. The van der Waals surface area contributed by atoms with Crippen molar-refractivity contribution in [2.45, 2.75) is 95.5 Å². The number of rotatable bonds is 7. The highest BCUT2D eigenvalue weighted by atomic mass is 32.2. The number of ether oxygens (including phenoxy) is 1. The van der Waals surface area contributed by atoms with Gasteiger partial charge < -0.3 is 9.84 Å². The van der Waals surface area contributed by atoms with Crippen LogP contribution in [-0.4, -0.2) is 27.7 Å². The number of ketones is 1. The zero-order valence-electron chi connectivity index (χ0n) is 20.8. The van der Waals surface area contributed by atoms with Gasteiger partial charge in [-0.05, 0) is 77.8 Å². The van der Waals surface area contributed by atoms with E-state index in [9.17, 15) is 14.7 Å². The average molecular weight is 489 g/mol. The predicted octanol–water partition coefficient (Wildman–Crippen LogP) is 6.16. The van der Waals surface area contributed by atoms with Gasteiger partial charge in [0.25, 0.3) is 0 Å². The van der Waals surface area contributed by atoms with Crippen molar-refractivity contribution in [1.82, 2.24) is 0 Å². The Kier molecular flexibility index (Phi) is 7.82. The maximum absolute atomic E-state index is 13.4. The van der Waals surface area contributed by atoms with Crippen LogP contribution in [0.4, 0.5) is 0 Å². The first-order chi connectivity index (χ1) is 15.4. The van der Waals surface area contributed by atoms with Crippen molar-refractivity contribution in [3.05, 3.63) is 50.7 Å². The van der Waals surface area contributed by atoms with Crippen molar-refractivity contribution in [2.24, 2.45) is 5.92 Å². The highest BCUT2D eigenvalue weighted by Crippen LogP contribution is 2.43. The van der Waals surface area contributed by atoms with Crippen LogP contribution in [0.5, 0.6) is 0 Å². The highest BCUT2D eigenvalue weighted by molar-refractivity contribution is 8.01. The molecule has 4 nitrogen and oxygen atoms in total. The van der Waals surface area contributed by atoms with E-state index < -0.39 is 16.8 Å². The van der Waals surface area contributed by atoms with Gasteiger partial charge >= 0.3 is 5.97 Å². The fraction of sp³-hybridized carbons (Fsp3) is 0.556. The van der Waals surface area contributed by atoms with Gasteiger partial charge in [-0.2, -0.15) is 0 Å². The third kappa shape index (κ3) is 5.55. The smallest absolute Gasteiger partial charge is 0.327 e. The molecule has 1 saturated heterocycles. The van der Waals surface area contributed by atoms with Crippen LogP contribution < -0.4 is 0 Å². The largest absolute Gasteiger partial charge is 0.457 e. The standard InChI is InChI=1S/C27H36O4S2/c1-16(2)27(10-8-19-9-11-32-18(19)4)14-22(29)24(25(30)31-27)33-23-12-17(3)20(15-28)13-21(23)26(5,6)7/h9,11-13,16,24,28H,8,10,14-15H2,1-7H3/t24?,27-/m0/s1. The van der Waals surface area contributed by atoms with Crippen LogP contribution in [0.1, 0.15) is 74.6 Å². The molecule has 1 aromatic carbocycles. The van der Waals surface area contributed by atoms with E-state index >= 15 is 0 Å². The summed E-state index contributed by atoms with van der Waals surface area (Å²) in [5.41, 5.74) is 3.15. The highest BCUT2D eigenvalue weighted by Gasteiger charge is 2.49. The first kappa shape index (κ1) is 26.0. The predicted molar refractivity (Wildman–Crippen MR) is 136 cm³/mol. The van der Waals surface area contributed by atoms with Gasteiger partial charge in [0.05, 0.1) is 6.61 Å². The first-order valence-electron chi connectivity index (χ1n) is 11.6. The molecule has 1 aliphatic rings. The minimum atomic E-state index is -0.861. The minimum absolute atomic E-state index is 0.0369. The van der Waals surface area contributed by atoms with Gasteiger partial charge in [-0.3, -0.25) is 9.59 Å². The Morgan fingerprint density at radius 1 is 1.21 bits per heavy atom. The number of cyclic esters (lactones) is 1. The molecule has 1 aliphatic heterocycles. The molecule has 0 bridgehead atoms. The maximum atomic E-state index is 13.4. The zero-order valence-corrected chi connectivity index (χ0v) is 22.4. The number of carbonyl (C=O) groups excluding carboxylic acids is 2. The molecule has 3 rings (SSSR count). The molecule has 6 heteroatoms. The van der Waals surface area contributed by atoms with Crippen LogP contribution in [-0.2, 0) is 32.8 Å². The monoisotopic (exact) mass is 488 g/mol. The summed E-state index contributed by atoms with van der Waals surface area (Å²) in [6, 6.07) is 6.10. The Balaban J connectivity index is 1.85. The van der Waals surface area contributed by atoms with Gasteiger partial charge in [0.1, 0.15) is 5.60 Å². The maximum Gasteiger partial charge on any atom is 0.327 e. The third-order valence-corrected chi connectivity index (χ3v) is 8.95. The fourth-order valence-corrected chi connectivity index (χ4v) is 6.50. The number of carbonyl (C=O) groups is 2. The van der Waals surface area contributed by atoms with Gasteiger partial charge in [-0.25, -0.2) is 0 Å². The SMILES string of the molecule is Cc1cc(SC2C(=O)C[C@@](CCc3ccsc3C)(C(C)C)OC2=O)c(C(C)(C)C)cc1CO.